The first-order chi connectivity index (χ1) is 8.56. The summed E-state index contributed by atoms with van der Waals surface area (Å²) in [6.07, 6.45) is -0.516. The number of ether oxygens (including phenoxy) is 2. The van der Waals surface area contributed by atoms with Gasteiger partial charge in [-0.25, -0.2) is 4.72 Å². The van der Waals surface area contributed by atoms with Crippen LogP contribution in [0.2, 0.25) is 0 Å². The monoisotopic (exact) mass is 273 g/mol. The summed E-state index contributed by atoms with van der Waals surface area (Å²) < 4.78 is 33.6. The molecule has 1 aromatic carbocycles. The van der Waals surface area contributed by atoms with Crippen molar-refractivity contribution in [2.45, 2.75) is 6.10 Å². The second-order valence-corrected chi connectivity index (χ2v) is 4.28. The molecule has 18 heavy (non-hydrogen) atoms. The fraction of sp³-hybridized carbons (Fsp3) is 0.333. The van der Waals surface area contributed by atoms with Gasteiger partial charge >= 0.3 is 0 Å². The molecule has 0 spiro atoms. The highest BCUT2D eigenvalue weighted by Gasteiger charge is 2.23. The lowest BCUT2D eigenvalue weighted by Crippen LogP contribution is -2.39. The first-order valence-corrected chi connectivity index (χ1v) is 6.04. The molecule has 9 heteroatoms. The smallest absolute Gasteiger partial charge is 0.273 e. The van der Waals surface area contributed by atoms with E-state index in [0.29, 0.717) is 5.75 Å². The highest BCUT2D eigenvalue weighted by molar-refractivity contribution is 7.77. The molecule has 1 aliphatic rings. The number of rotatable bonds is 4. The summed E-state index contributed by atoms with van der Waals surface area (Å²) >= 11 is -2.38. The van der Waals surface area contributed by atoms with Crippen molar-refractivity contribution in [1.82, 2.24) is 4.72 Å². The first kappa shape index (κ1) is 12.7. The summed E-state index contributed by atoms with van der Waals surface area (Å²) in [7, 11) is 0. The van der Waals surface area contributed by atoms with E-state index in [0.717, 1.165) is 0 Å². The van der Waals surface area contributed by atoms with Gasteiger partial charge in [0.2, 0.25) is 0 Å². The maximum absolute atomic E-state index is 10.6. The maximum atomic E-state index is 10.6. The summed E-state index contributed by atoms with van der Waals surface area (Å²) in [5, 5.41) is 10.6. The van der Waals surface area contributed by atoms with Crippen molar-refractivity contribution in [2.75, 3.05) is 13.2 Å². The molecule has 0 aromatic heterocycles. The van der Waals surface area contributed by atoms with Crippen molar-refractivity contribution in [3.63, 3.8) is 0 Å². The van der Waals surface area contributed by atoms with Crippen molar-refractivity contribution < 1.29 is 23.2 Å². The van der Waals surface area contributed by atoms with Crippen LogP contribution in [-0.2, 0) is 11.3 Å². The van der Waals surface area contributed by atoms with Gasteiger partial charge in [-0.3, -0.25) is 14.3 Å². The molecule has 0 bridgehead atoms. The molecule has 1 aromatic rings. The molecule has 0 fully saturated rings. The fourth-order valence-corrected chi connectivity index (χ4v) is 1.80. The number of nitrogens with zero attached hydrogens (tertiary/aromatic N) is 1. The summed E-state index contributed by atoms with van der Waals surface area (Å²) in [5.74, 6) is 0.638. The number of nitrogens with one attached hydrogen (secondary N) is 1. The summed E-state index contributed by atoms with van der Waals surface area (Å²) in [4.78, 5) is 10.1. The van der Waals surface area contributed by atoms with E-state index < -0.39 is 22.3 Å². The number of nitro benzene ring substituents is 1. The Morgan fingerprint density at radius 1 is 1.50 bits per heavy atom. The minimum absolute atomic E-state index is 0.0399. The van der Waals surface area contributed by atoms with E-state index in [4.69, 9.17) is 9.47 Å². The van der Waals surface area contributed by atoms with Gasteiger partial charge in [-0.15, -0.1) is 0 Å². The van der Waals surface area contributed by atoms with Crippen LogP contribution in [0.15, 0.2) is 18.2 Å². The van der Waals surface area contributed by atoms with Gasteiger partial charge in [-0.2, -0.15) is 0 Å². The van der Waals surface area contributed by atoms with E-state index in [1.165, 1.54) is 18.2 Å². The Hall–Kier alpha value is -1.71. The van der Waals surface area contributed by atoms with Crippen LogP contribution in [0.3, 0.4) is 0 Å². The molecule has 98 valence electrons. The third kappa shape index (κ3) is 2.94. The lowest BCUT2D eigenvalue weighted by molar-refractivity contribution is -0.385. The molecule has 0 saturated heterocycles. The molecular weight excluding hydrogens is 264 g/mol. The van der Waals surface area contributed by atoms with Gasteiger partial charge in [0.15, 0.2) is 11.5 Å². The average molecular weight is 273 g/mol. The van der Waals surface area contributed by atoms with Crippen molar-refractivity contribution >= 4 is 17.0 Å². The van der Waals surface area contributed by atoms with Gasteiger partial charge in [0, 0.05) is 23.9 Å². The molecule has 1 unspecified atom stereocenters. The van der Waals surface area contributed by atoms with Gasteiger partial charge in [0.05, 0.1) is 11.0 Å². The number of hydrogen-bond acceptors (Lipinski definition) is 6. The Bertz CT molecular complexity index is 494. The van der Waals surface area contributed by atoms with Crippen LogP contribution >= 0.6 is 0 Å². The second-order valence-electron chi connectivity index (χ2n) is 3.52. The highest BCUT2D eigenvalue weighted by Crippen LogP contribution is 2.34. The Morgan fingerprint density at radius 3 is 2.94 bits per heavy atom. The minimum atomic E-state index is -2.38. The third-order valence-corrected chi connectivity index (χ3v) is 2.69. The van der Waals surface area contributed by atoms with Crippen LogP contribution in [0.1, 0.15) is 0 Å². The van der Waals surface area contributed by atoms with E-state index in [2.05, 4.69) is 4.72 Å². The maximum Gasteiger partial charge on any atom is 0.273 e. The zero-order valence-corrected chi connectivity index (χ0v) is 9.85. The third-order valence-electron chi connectivity index (χ3n) is 2.29. The SMILES string of the molecule is O=[N+]([O-])c1ccc2c(c1)O[C@@H](CNS(=O)[O-])CO2. The van der Waals surface area contributed by atoms with Crippen LogP contribution in [0.4, 0.5) is 5.69 Å². The molecule has 0 amide bonds. The quantitative estimate of drug-likeness (QED) is 0.473. The largest absolute Gasteiger partial charge is 0.760 e. The van der Waals surface area contributed by atoms with Crippen molar-refractivity contribution in [2.24, 2.45) is 0 Å². The van der Waals surface area contributed by atoms with Crippen molar-refractivity contribution in [3.8, 4) is 11.5 Å². The predicted molar refractivity (Wildman–Crippen MR) is 59.9 cm³/mol. The van der Waals surface area contributed by atoms with Gasteiger partial charge in [0.25, 0.3) is 5.69 Å². The topological polar surface area (TPSA) is 114 Å². The second kappa shape index (κ2) is 5.29. The Labute approximate surface area is 104 Å². The zero-order valence-electron chi connectivity index (χ0n) is 9.03. The highest BCUT2D eigenvalue weighted by atomic mass is 32.2. The molecule has 2 atom stereocenters. The van der Waals surface area contributed by atoms with E-state index in [9.17, 15) is 18.9 Å². The van der Waals surface area contributed by atoms with E-state index >= 15 is 0 Å². The normalized spacial score (nSPS) is 19.3. The van der Waals surface area contributed by atoms with Crippen LogP contribution < -0.4 is 14.2 Å². The standard InChI is InChI=1S/C9H10N2O6S/c12-11(13)6-1-2-8-9(3-6)17-7(5-16-8)4-10-18(14)15/h1-3,7,10H,4-5H2,(H,14,15)/p-1/t7-/m0/s1. The molecule has 1 heterocycles. The summed E-state index contributed by atoms with van der Waals surface area (Å²) in [6, 6.07) is 4.01. The molecular formula is C9H9N2O6S-. The molecule has 2 rings (SSSR count). The fourth-order valence-electron chi connectivity index (χ4n) is 1.48. The number of non-ortho nitro benzene ring substituents is 1. The number of fused-ring (bicyclic) bond motifs is 1. The van der Waals surface area contributed by atoms with E-state index in [-0.39, 0.29) is 24.6 Å². The van der Waals surface area contributed by atoms with Gasteiger partial charge < -0.3 is 14.0 Å². The van der Waals surface area contributed by atoms with Gasteiger partial charge in [0.1, 0.15) is 12.7 Å². The Balaban J connectivity index is 2.09. The zero-order chi connectivity index (χ0) is 13.1. The van der Waals surface area contributed by atoms with Crippen LogP contribution in [-0.4, -0.2) is 32.9 Å². The van der Waals surface area contributed by atoms with Crippen molar-refractivity contribution in [3.05, 3.63) is 28.3 Å². The van der Waals surface area contributed by atoms with E-state index in [1.807, 2.05) is 0 Å². The van der Waals surface area contributed by atoms with Gasteiger partial charge in [-0.1, -0.05) is 0 Å². The summed E-state index contributed by atoms with van der Waals surface area (Å²) in [5.41, 5.74) is -0.113. The first-order valence-electron chi connectivity index (χ1n) is 4.97. The van der Waals surface area contributed by atoms with Crippen LogP contribution in [0.25, 0.3) is 0 Å². The number of hydrogen-bond donors (Lipinski definition) is 1. The predicted octanol–water partition coefficient (Wildman–Crippen LogP) is 0.118. The number of benzene rings is 1. The molecule has 1 aliphatic heterocycles. The molecule has 8 nitrogen and oxygen atoms in total. The summed E-state index contributed by atoms with van der Waals surface area (Å²) in [6.45, 7) is 0.216. The average Bonchev–Trinajstić information content (AvgIpc) is 2.35. The Kier molecular flexibility index (Phi) is 3.75. The van der Waals surface area contributed by atoms with Crippen LogP contribution in [0, 0.1) is 10.1 Å². The van der Waals surface area contributed by atoms with Gasteiger partial charge in [-0.05, 0) is 6.07 Å². The Morgan fingerprint density at radius 2 is 2.28 bits per heavy atom. The van der Waals surface area contributed by atoms with Crippen molar-refractivity contribution in [1.29, 1.82) is 0 Å². The molecule has 0 aliphatic carbocycles. The van der Waals surface area contributed by atoms with E-state index in [1.54, 1.807) is 0 Å². The minimum Gasteiger partial charge on any atom is -0.760 e. The molecule has 0 radical (unpaired) electrons. The molecule has 0 saturated carbocycles. The number of nitro groups is 1. The lowest BCUT2D eigenvalue weighted by Gasteiger charge is -2.26. The molecule has 1 N–H and O–H groups in total. The lowest BCUT2D eigenvalue weighted by atomic mass is 10.2. The van der Waals surface area contributed by atoms with Crippen LogP contribution in [0.5, 0.6) is 11.5 Å².